The molecular weight excluding hydrogens is 390 g/mol. The number of amides is 3. The molecule has 0 aromatic rings. The van der Waals surface area contributed by atoms with Crippen LogP contribution < -0.4 is 5.32 Å². The van der Waals surface area contributed by atoms with Gasteiger partial charge in [-0.15, -0.1) is 0 Å². The van der Waals surface area contributed by atoms with E-state index in [0.717, 1.165) is 0 Å². The van der Waals surface area contributed by atoms with E-state index < -0.39 is 35.8 Å². The van der Waals surface area contributed by atoms with Crippen LogP contribution in [-0.2, 0) is 19.1 Å². The first-order valence-corrected chi connectivity index (χ1v) is 10.8. The van der Waals surface area contributed by atoms with Gasteiger partial charge in [-0.25, -0.2) is 9.59 Å². The molecule has 2 N–H and O–H groups in total. The molecule has 0 spiro atoms. The molecular formula is C21H35N3O6. The Morgan fingerprint density at radius 2 is 1.63 bits per heavy atom. The minimum atomic E-state index is -1.01. The maximum absolute atomic E-state index is 13.4. The van der Waals surface area contributed by atoms with Crippen molar-refractivity contribution >= 4 is 23.9 Å². The molecule has 30 heavy (non-hydrogen) atoms. The van der Waals surface area contributed by atoms with Crippen LogP contribution in [0.5, 0.6) is 0 Å². The number of ether oxygens (including phenoxy) is 1. The third kappa shape index (κ3) is 5.64. The van der Waals surface area contributed by atoms with E-state index in [9.17, 15) is 24.3 Å². The third-order valence-electron chi connectivity index (χ3n) is 5.79. The average molecular weight is 426 g/mol. The first-order chi connectivity index (χ1) is 14.0. The maximum atomic E-state index is 13.4. The van der Waals surface area contributed by atoms with Crippen molar-refractivity contribution in [2.45, 2.75) is 90.4 Å². The first-order valence-electron chi connectivity index (χ1n) is 10.8. The minimum Gasteiger partial charge on any atom is -0.480 e. The lowest BCUT2D eigenvalue weighted by Crippen LogP contribution is -2.57. The van der Waals surface area contributed by atoms with Crippen LogP contribution in [0.1, 0.15) is 66.7 Å². The van der Waals surface area contributed by atoms with Gasteiger partial charge in [0.25, 0.3) is 0 Å². The van der Waals surface area contributed by atoms with Crippen LogP contribution in [0.3, 0.4) is 0 Å². The van der Waals surface area contributed by atoms with E-state index in [2.05, 4.69) is 5.32 Å². The van der Waals surface area contributed by atoms with Crippen molar-refractivity contribution in [1.29, 1.82) is 0 Å². The number of aliphatic carboxylic acids is 1. The Balaban J connectivity index is 2.16. The lowest BCUT2D eigenvalue weighted by atomic mass is 9.97. The van der Waals surface area contributed by atoms with Crippen molar-refractivity contribution in [2.24, 2.45) is 5.92 Å². The summed E-state index contributed by atoms with van der Waals surface area (Å²) in [4.78, 5) is 53.2. The van der Waals surface area contributed by atoms with Gasteiger partial charge in [0.05, 0.1) is 0 Å². The van der Waals surface area contributed by atoms with Crippen LogP contribution in [0, 0.1) is 5.92 Å². The zero-order valence-corrected chi connectivity index (χ0v) is 18.6. The number of likely N-dealkylation sites (tertiary alicyclic amines) is 2. The van der Waals surface area contributed by atoms with Crippen LogP contribution in [0.2, 0.25) is 0 Å². The van der Waals surface area contributed by atoms with Crippen LogP contribution in [0.25, 0.3) is 0 Å². The number of carbonyl (C=O) groups excluding carboxylic acids is 3. The van der Waals surface area contributed by atoms with Gasteiger partial charge in [-0.1, -0.05) is 20.3 Å². The van der Waals surface area contributed by atoms with E-state index in [1.807, 2.05) is 13.8 Å². The topological polar surface area (TPSA) is 116 Å². The largest absolute Gasteiger partial charge is 0.480 e. The summed E-state index contributed by atoms with van der Waals surface area (Å²) in [6.07, 6.45) is 2.21. The van der Waals surface area contributed by atoms with E-state index in [1.165, 1.54) is 9.80 Å². The molecule has 0 bridgehead atoms. The molecule has 9 heteroatoms. The third-order valence-corrected chi connectivity index (χ3v) is 5.79. The number of carboxylic acids is 1. The van der Waals surface area contributed by atoms with Gasteiger partial charge in [-0.05, 0) is 52.4 Å². The Hall–Kier alpha value is -2.32. The summed E-state index contributed by atoms with van der Waals surface area (Å²) < 4.78 is 5.31. The highest BCUT2D eigenvalue weighted by Gasteiger charge is 2.44. The zero-order valence-electron chi connectivity index (χ0n) is 18.6. The number of nitrogens with one attached hydrogen (secondary N) is 1. The van der Waals surface area contributed by atoms with Crippen molar-refractivity contribution in [3.63, 3.8) is 0 Å². The smallest absolute Gasteiger partial charge is 0.408 e. The molecule has 2 aliphatic rings. The van der Waals surface area contributed by atoms with Crippen LogP contribution in [-0.4, -0.2) is 75.6 Å². The van der Waals surface area contributed by atoms with Crippen molar-refractivity contribution < 1.29 is 29.0 Å². The van der Waals surface area contributed by atoms with Gasteiger partial charge in [0.2, 0.25) is 11.8 Å². The fourth-order valence-electron chi connectivity index (χ4n) is 4.06. The quantitative estimate of drug-likeness (QED) is 0.672. The van der Waals surface area contributed by atoms with Gasteiger partial charge in [-0.3, -0.25) is 9.59 Å². The number of carboxylic acid groups (broad SMARTS) is 1. The van der Waals surface area contributed by atoms with Gasteiger partial charge in [0.1, 0.15) is 23.7 Å². The highest BCUT2D eigenvalue weighted by Crippen LogP contribution is 2.26. The molecule has 4 atom stereocenters. The van der Waals surface area contributed by atoms with E-state index in [4.69, 9.17) is 4.74 Å². The van der Waals surface area contributed by atoms with Crippen LogP contribution in [0.15, 0.2) is 0 Å². The molecule has 0 radical (unpaired) electrons. The highest BCUT2D eigenvalue weighted by molar-refractivity contribution is 5.93. The van der Waals surface area contributed by atoms with Crippen molar-refractivity contribution in [3.05, 3.63) is 0 Å². The van der Waals surface area contributed by atoms with Crippen molar-refractivity contribution in [3.8, 4) is 0 Å². The van der Waals surface area contributed by atoms with Gasteiger partial charge < -0.3 is 25.0 Å². The molecule has 170 valence electrons. The van der Waals surface area contributed by atoms with Crippen molar-refractivity contribution in [2.75, 3.05) is 13.1 Å². The molecule has 0 unspecified atom stereocenters. The fourth-order valence-corrected chi connectivity index (χ4v) is 4.06. The monoisotopic (exact) mass is 425 g/mol. The highest BCUT2D eigenvalue weighted by atomic mass is 16.6. The van der Waals surface area contributed by atoms with Gasteiger partial charge >= 0.3 is 12.1 Å². The second kappa shape index (κ2) is 9.66. The summed E-state index contributed by atoms with van der Waals surface area (Å²) in [5.74, 6) is -1.80. The summed E-state index contributed by atoms with van der Waals surface area (Å²) in [6, 6.07) is -2.34. The van der Waals surface area contributed by atoms with E-state index in [-0.39, 0.29) is 17.7 Å². The average Bonchev–Trinajstić information content (AvgIpc) is 3.32. The Morgan fingerprint density at radius 3 is 2.17 bits per heavy atom. The van der Waals surface area contributed by atoms with E-state index in [1.54, 1.807) is 20.8 Å². The second-order valence-electron chi connectivity index (χ2n) is 9.23. The Kier molecular flexibility index (Phi) is 7.71. The van der Waals surface area contributed by atoms with Crippen LogP contribution in [0.4, 0.5) is 4.79 Å². The van der Waals surface area contributed by atoms with Gasteiger partial charge in [0, 0.05) is 13.1 Å². The molecule has 2 heterocycles. The predicted molar refractivity (Wildman–Crippen MR) is 110 cm³/mol. The standard InChI is InChI=1S/C21H35N3O6/c1-6-13(2)16(22-20(29)30-21(3,4)5)18(26)23-11-7-9-14(23)17(25)24-12-8-10-15(24)19(27)28/h13-16H,6-12H2,1-5H3,(H,22,29)(H,27,28)/t13-,14-,15-,16-/m0/s1. The molecule has 2 saturated heterocycles. The molecule has 2 rings (SSSR count). The molecule has 0 aliphatic carbocycles. The Bertz CT molecular complexity index is 674. The van der Waals surface area contributed by atoms with E-state index in [0.29, 0.717) is 45.2 Å². The summed E-state index contributed by atoms with van der Waals surface area (Å²) >= 11 is 0. The molecule has 9 nitrogen and oxygen atoms in total. The first kappa shape index (κ1) is 24.0. The SMILES string of the molecule is CC[C@H](C)[C@H](NC(=O)OC(C)(C)C)C(=O)N1CCC[C@H]1C(=O)N1CCC[C@H]1C(=O)O. The maximum Gasteiger partial charge on any atom is 0.408 e. The molecule has 2 aliphatic heterocycles. The zero-order chi connectivity index (χ0) is 22.6. The Labute approximate surface area is 178 Å². The number of carbonyl (C=O) groups is 4. The number of rotatable bonds is 6. The number of hydrogen-bond donors (Lipinski definition) is 2. The van der Waals surface area contributed by atoms with Crippen molar-refractivity contribution in [1.82, 2.24) is 15.1 Å². The molecule has 0 aromatic heterocycles. The van der Waals surface area contributed by atoms with E-state index >= 15 is 0 Å². The number of hydrogen-bond acceptors (Lipinski definition) is 5. The number of nitrogens with zero attached hydrogens (tertiary/aromatic N) is 2. The molecule has 3 amide bonds. The lowest BCUT2D eigenvalue weighted by Gasteiger charge is -2.34. The second-order valence-corrected chi connectivity index (χ2v) is 9.23. The Morgan fingerprint density at radius 1 is 1.07 bits per heavy atom. The summed E-state index contributed by atoms with van der Waals surface area (Å²) in [7, 11) is 0. The minimum absolute atomic E-state index is 0.153. The molecule has 2 fully saturated rings. The number of alkyl carbamates (subject to hydrolysis) is 1. The summed E-state index contributed by atoms with van der Waals surface area (Å²) in [5, 5.41) is 12.1. The normalized spacial score (nSPS) is 23.8. The lowest BCUT2D eigenvalue weighted by molar-refractivity contribution is -0.152. The molecule has 0 saturated carbocycles. The van der Waals surface area contributed by atoms with Gasteiger partial charge in [-0.2, -0.15) is 0 Å². The van der Waals surface area contributed by atoms with Gasteiger partial charge in [0.15, 0.2) is 0 Å². The fraction of sp³-hybridized carbons (Fsp3) is 0.810. The predicted octanol–water partition coefficient (Wildman–Crippen LogP) is 1.99. The molecule has 0 aromatic carbocycles. The summed E-state index contributed by atoms with van der Waals surface area (Å²) in [5.41, 5.74) is -0.694. The van der Waals surface area contributed by atoms with Crippen LogP contribution >= 0.6 is 0 Å². The summed E-state index contributed by atoms with van der Waals surface area (Å²) in [6.45, 7) is 9.83.